The maximum absolute atomic E-state index is 10.8. The third-order valence-electron chi connectivity index (χ3n) is 3.38. The predicted molar refractivity (Wildman–Crippen MR) is 80.9 cm³/mol. The van der Waals surface area contributed by atoms with Gasteiger partial charge in [-0.2, -0.15) is 0 Å². The summed E-state index contributed by atoms with van der Waals surface area (Å²) in [7, 11) is 0. The van der Waals surface area contributed by atoms with Crippen LogP contribution in [0.1, 0.15) is 17.5 Å². The highest BCUT2D eigenvalue weighted by Gasteiger charge is 2.28. The molecule has 0 spiro atoms. The normalized spacial score (nSPS) is 16.7. The van der Waals surface area contributed by atoms with Crippen LogP contribution in [-0.4, -0.2) is 22.9 Å². The Bertz CT molecular complexity index is 680. The summed E-state index contributed by atoms with van der Waals surface area (Å²) >= 11 is 0. The number of carboxylic acids is 1. The van der Waals surface area contributed by atoms with Crippen LogP contribution in [0.2, 0.25) is 0 Å². The minimum atomic E-state index is -0.999. The van der Waals surface area contributed by atoms with Gasteiger partial charge in [0.15, 0.2) is 0 Å². The van der Waals surface area contributed by atoms with Crippen LogP contribution in [0.25, 0.3) is 0 Å². The molecule has 1 aliphatic rings. The quantitative estimate of drug-likeness (QED) is 0.921. The van der Waals surface area contributed by atoms with Gasteiger partial charge in [0, 0.05) is 6.42 Å². The Morgan fingerprint density at radius 2 is 1.91 bits per heavy atom. The molecular weight excluding hydrogens is 282 g/mol. The number of carbonyl (C=O) groups is 1. The minimum absolute atomic E-state index is 0.277. The van der Waals surface area contributed by atoms with Gasteiger partial charge in [-0.05, 0) is 35.4 Å². The summed E-state index contributed by atoms with van der Waals surface area (Å²) in [6.45, 7) is 0.505. The van der Waals surface area contributed by atoms with Crippen molar-refractivity contribution in [2.45, 2.75) is 19.1 Å². The zero-order valence-electron chi connectivity index (χ0n) is 11.8. The van der Waals surface area contributed by atoms with Gasteiger partial charge in [-0.15, -0.1) is 0 Å². The van der Waals surface area contributed by atoms with Gasteiger partial charge in [0.1, 0.15) is 12.4 Å². The molecule has 0 amide bonds. The first kappa shape index (κ1) is 14.1. The SMILES string of the molecule is O=C(O)[C@H]1CC(c2ccc(OCc3ccccc3)cc2)=NO1. The first-order chi connectivity index (χ1) is 10.7. The molecule has 2 aromatic carbocycles. The second-order valence-corrected chi connectivity index (χ2v) is 4.97. The molecule has 0 unspecified atom stereocenters. The van der Waals surface area contributed by atoms with Crippen molar-refractivity contribution in [1.29, 1.82) is 0 Å². The van der Waals surface area contributed by atoms with Crippen LogP contribution < -0.4 is 4.74 Å². The topological polar surface area (TPSA) is 68.1 Å². The van der Waals surface area contributed by atoms with Crippen molar-refractivity contribution < 1.29 is 19.5 Å². The van der Waals surface area contributed by atoms with Crippen LogP contribution in [0, 0.1) is 0 Å². The minimum Gasteiger partial charge on any atom is -0.489 e. The number of benzene rings is 2. The molecule has 0 aliphatic carbocycles. The number of oxime groups is 1. The first-order valence-corrected chi connectivity index (χ1v) is 6.95. The number of rotatable bonds is 5. The number of hydrogen-bond acceptors (Lipinski definition) is 4. The Labute approximate surface area is 127 Å². The van der Waals surface area contributed by atoms with Gasteiger partial charge in [0.05, 0.1) is 5.71 Å². The molecule has 22 heavy (non-hydrogen) atoms. The lowest BCUT2D eigenvalue weighted by molar-refractivity contribution is -0.148. The number of nitrogens with zero attached hydrogens (tertiary/aromatic N) is 1. The summed E-state index contributed by atoms with van der Waals surface area (Å²) in [6.07, 6.45) is -0.608. The summed E-state index contributed by atoms with van der Waals surface area (Å²) < 4.78 is 5.70. The van der Waals surface area contributed by atoms with E-state index in [4.69, 9.17) is 14.7 Å². The van der Waals surface area contributed by atoms with Gasteiger partial charge < -0.3 is 14.7 Å². The molecule has 1 N–H and O–H groups in total. The fourth-order valence-corrected chi connectivity index (χ4v) is 2.16. The van der Waals surface area contributed by atoms with Crippen molar-refractivity contribution in [3.63, 3.8) is 0 Å². The summed E-state index contributed by atoms with van der Waals surface area (Å²) in [6, 6.07) is 17.3. The Morgan fingerprint density at radius 1 is 1.18 bits per heavy atom. The second kappa shape index (κ2) is 6.30. The van der Waals surface area contributed by atoms with Gasteiger partial charge in [0.2, 0.25) is 6.10 Å². The lowest BCUT2D eigenvalue weighted by Crippen LogP contribution is -2.19. The van der Waals surface area contributed by atoms with Crippen molar-refractivity contribution >= 4 is 11.7 Å². The van der Waals surface area contributed by atoms with Crippen molar-refractivity contribution in [2.24, 2.45) is 5.16 Å². The lowest BCUT2D eigenvalue weighted by Gasteiger charge is -2.07. The van der Waals surface area contributed by atoms with Crippen LogP contribution in [0.4, 0.5) is 0 Å². The lowest BCUT2D eigenvalue weighted by atomic mass is 10.1. The molecule has 1 atom stereocenters. The highest BCUT2D eigenvalue weighted by atomic mass is 16.7. The molecule has 5 heteroatoms. The number of aliphatic carboxylic acids is 1. The highest BCUT2D eigenvalue weighted by Crippen LogP contribution is 2.20. The molecule has 0 radical (unpaired) electrons. The molecule has 112 valence electrons. The molecule has 0 saturated heterocycles. The van der Waals surface area contributed by atoms with Gasteiger partial charge in [-0.3, -0.25) is 0 Å². The number of carboxylic acid groups (broad SMARTS) is 1. The Hall–Kier alpha value is -2.82. The van der Waals surface area contributed by atoms with Gasteiger partial charge in [0.25, 0.3) is 0 Å². The molecular formula is C17H15NO4. The molecule has 1 heterocycles. The maximum atomic E-state index is 10.8. The fourth-order valence-electron chi connectivity index (χ4n) is 2.16. The largest absolute Gasteiger partial charge is 0.489 e. The van der Waals surface area contributed by atoms with Crippen molar-refractivity contribution in [3.05, 3.63) is 65.7 Å². The molecule has 5 nitrogen and oxygen atoms in total. The Morgan fingerprint density at radius 3 is 2.55 bits per heavy atom. The smallest absolute Gasteiger partial charge is 0.348 e. The Kier molecular flexibility index (Phi) is 4.05. The number of ether oxygens (including phenoxy) is 1. The van der Waals surface area contributed by atoms with Gasteiger partial charge >= 0.3 is 5.97 Å². The summed E-state index contributed by atoms with van der Waals surface area (Å²) in [5.74, 6) is -0.247. The average Bonchev–Trinajstić information content (AvgIpc) is 3.05. The van der Waals surface area contributed by atoms with Crippen LogP contribution in [0.15, 0.2) is 59.8 Å². The van der Waals surface area contributed by atoms with Crippen molar-refractivity contribution in [2.75, 3.05) is 0 Å². The standard InChI is InChI=1S/C17H15NO4/c19-17(20)16-10-15(18-22-16)13-6-8-14(9-7-13)21-11-12-4-2-1-3-5-12/h1-9,16H,10-11H2,(H,19,20)/t16-/m1/s1. The van der Waals surface area contributed by atoms with E-state index in [0.717, 1.165) is 16.9 Å². The molecule has 0 fully saturated rings. The van der Waals surface area contributed by atoms with E-state index in [1.165, 1.54) is 0 Å². The van der Waals surface area contributed by atoms with E-state index in [0.29, 0.717) is 12.3 Å². The molecule has 2 aromatic rings. The van der Waals surface area contributed by atoms with Gasteiger partial charge in [-0.1, -0.05) is 35.5 Å². The van der Waals surface area contributed by atoms with E-state index in [-0.39, 0.29) is 6.42 Å². The van der Waals surface area contributed by atoms with Crippen molar-refractivity contribution in [3.8, 4) is 5.75 Å². The van der Waals surface area contributed by atoms with E-state index >= 15 is 0 Å². The summed E-state index contributed by atoms with van der Waals surface area (Å²) in [5, 5.41) is 12.7. The summed E-state index contributed by atoms with van der Waals surface area (Å²) in [4.78, 5) is 15.7. The molecule has 0 aromatic heterocycles. The molecule has 0 bridgehead atoms. The van der Waals surface area contributed by atoms with Gasteiger partial charge in [-0.25, -0.2) is 4.79 Å². The van der Waals surface area contributed by atoms with Crippen LogP contribution in [0.5, 0.6) is 5.75 Å². The van der Waals surface area contributed by atoms with E-state index in [1.807, 2.05) is 54.6 Å². The monoisotopic (exact) mass is 297 g/mol. The molecule has 1 aliphatic heterocycles. The van der Waals surface area contributed by atoms with Crippen LogP contribution in [0.3, 0.4) is 0 Å². The second-order valence-electron chi connectivity index (χ2n) is 4.97. The highest BCUT2D eigenvalue weighted by molar-refractivity contribution is 6.03. The van der Waals surface area contributed by atoms with Crippen LogP contribution in [-0.2, 0) is 16.2 Å². The van der Waals surface area contributed by atoms with Crippen molar-refractivity contribution in [1.82, 2.24) is 0 Å². The molecule has 3 rings (SSSR count). The molecule has 0 saturated carbocycles. The zero-order chi connectivity index (χ0) is 15.4. The third kappa shape index (κ3) is 3.25. The van der Waals surface area contributed by atoms with E-state index < -0.39 is 12.1 Å². The van der Waals surface area contributed by atoms with E-state index in [9.17, 15) is 4.79 Å². The first-order valence-electron chi connectivity index (χ1n) is 6.95. The fraction of sp³-hybridized carbons (Fsp3) is 0.176. The zero-order valence-corrected chi connectivity index (χ0v) is 11.8. The average molecular weight is 297 g/mol. The van der Waals surface area contributed by atoms with Crippen LogP contribution >= 0.6 is 0 Å². The predicted octanol–water partition coefficient (Wildman–Crippen LogP) is 2.84. The Balaban J connectivity index is 1.60. The number of hydrogen-bond donors (Lipinski definition) is 1. The third-order valence-corrected chi connectivity index (χ3v) is 3.38. The summed E-state index contributed by atoms with van der Waals surface area (Å²) in [5.41, 5.74) is 2.59. The van der Waals surface area contributed by atoms with E-state index in [1.54, 1.807) is 0 Å². The maximum Gasteiger partial charge on any atom is 0.348 e. The van der Waals surface area contributed by atoms with E-state index in [2.05, 4.69) is 5.16 Å².